The van der Waals surface area contributed by atoms with Crippen molar-refractivity contribution < 1.29 is 4.18 Å². The fourth-order valence-corrected chi connectivity index (χ4v) is 1.73. The first kappa shape index (κ1) is 6.01. The molecule has 2 fully saturated rings. The summed E-state index contributed by atoms with van der Waals surface area (Å²) in [7, 11) is 0. The average molecular weight is 145 g/mol. The molecule has 0 radical (unpaired) electrons. The van der Waals surface area contributed by atoms with Gasteiger partial charge >= 0.3 is 0 Å². The van der Waals surface area contributed by atoms with Crippen molar-refractivity contribution in [1.82, 2.24) is 4.72 Å². The third-order valence-electron chi connectivity index (χ3n) is 1.86. The predicted molar refractivity (Wildman–Crippen MR) is 37.8 cm³/mol. The summed E-state index contributed by atoms with van der Waals surface area (Å²) in [5.41, 5.74) is 0. The molecule has 2 rings (SSSR count). The van der Waals surface area contributed by atoms with Gasteiger partial charge in [0, 0.05) is 6.04 Å². The summed E-state index contributed by atoms with van der Waals surface area (Å²) >= 11 is 1.40. The number of hydrogen-bond acceptors (Lipinski definition) is 3. The van der Waals surface area contributed by atoms with Crippen molar-refractivity contribution in [3.8, 4) is 0 Å². The summed E-state index contributed by atoms with van der Waals surface area (Å²) in [5.74, 6) is 1.02. The van der Waals surface area contributed by atoms with Crippen LogP contribution in [0.15, 0.2) is 0 Å². The summed E-state index contributed by atoms with van der Waals surface area (Å²) in [6, 6.07) is 0.641. The van der Waals surface area contributed by atoms with E-state index in [0.717, 1.165) is 12.5 Å². The lowest BCUT2D eigenvalue weighted by Crippen LogP contribution is -2.20. The maximum atomic E-state index is 5.09. The van der Waals surface area contributed by atoms with Crippen LogP contribution in [0.4, 0.5) is 0 Å². The van der Waals surface area contributed by atoms with Crippen LogP contribution in [0.5, 0.6) is 0 Å². The molecule has 0 aromatic heterocycles. The van der Waals surface area contributed by atoms with Crippen LogP contribution in [0.2, 0.25) is 0 Å². The zero-order chi connectivity index (χ0) is 6.10. The lowest BCUT2D eigenvalue weighted by Gasteiger charge is -2.02. The van der Waals surface area contributed by atoms with Gasteiger partial charge in [-0.15, -0.1) is 0 Å². The first-order valence-electron chi connectivity index (χ1n) is 3.49. The molecule has 0 spiro atoms. The van der Waals surface area contributed by atoms with Crippen LogP contribution in [0.1, 0.15) is 19.3 Å². The van der Waals surface area contributed by atoms with Crippen LogP contribution in [-0.4, -0.2) is 12.6 Å². The molecule has 1 saturated carbocycles. The van der Waals surface area contributed by atoms with Crippen LogP contribution >= 0.6 is 12.2 Å². The molecule has 1 saturated heterocycles. The lowest BCUT2D eigenvalue weighted by molar-refractivity contribution is 0.354. The highest BCUT2D eigenvalue weighted by Crippen LogP contribution is 2.34. The first-order chi connectivity index (χ1) is 4.45. The van der Waals surface area contributed by atoms with E-state index in [1.807, 2.05) is 0 Å². The van der Waals surface area contributed by atoms with Gasteiger partial charge in [-0.2, -0.15) is 0 Å². The zero-order valence-electron chi connectivity index (χ0n) is 5.30. The van der Waals surface area contributed by atoms with Gasteiger partial charge in [0.25, 0.3) is 0 Å². The van der Waals surface area contributed by atoms with Gasteiger partial charge in [-0.25, -0.2) is 4.72 Å². The van der Waals surface area contributed by atoms with E-state index in [9.17, 15) is 0 Å². The summed E-state index contributed by atoms with van der Waals surface area (Å²) < 4.78 is 8.31. The van der Waals surface area contributed by atoms with Gasteiger partial charge in [-0.05, 0) is 12.3 Å². The Kier molecular flexibility index (Phi) is 1.66. The molecule has 1 aliphatic carbocycles. The van der Waals surface area contributed by atoms with E-state index in [2.05, 4.69) is 4.72 Å². The Bertz CT molecular complexity index is 99.2. The van der Waals surface area contributed by atoms with Gasteiger partial charge in [-0.1, -0.05) is 12.8 Å². The highest BCUT2D eigenvalue weighted by molar-refractivity contribution is 7.92. The molecule has 0 aromatic rings. The van der Waals surface area contributed by atoms with Crippen LogP contribution in [0, 0.1) is 5.92 Å². The van der Waals surface area contributed by atoms with E-state index in [-0.39, 0.29) is 0 Å². The number of rotatable bonds is 2. The Hall–Kier alpha value is 0.270. The van der Waals surface area contributed by atoms with Gasteiger partial charge in [0.1, 0.15) is 0 Å². The van der Waals surface area contributed by atoms with Crippen LogP contribution in [-0.2, 0) is 4.18 Å². The molecule has 0 bridgehead atoms. The monoisotopic (exact) mass is 145 g/mol. The van der Waals surface area contributed by atoms with Crippen molar-refractivity contribution in [2.75, 3.05) is 6.61 Å². The highest BCUT2D eigenvalue weighted by Gasteiger charge is 2.27. The molecule has 0 unspecified atom stereocenters. The molecule has 1 N–H and O–H groups in total. The van der Waals surface area contributed by atoms with Gasteiger partial charge in [0.15, 0.2) is 0 Å². The molecule has 2 nitrogen and oxygen atoms in total. The average Bonchev–Trinajstić information content (AvgIpc) is 2.46. The van der Waals surface area contributed by atoms with Gasteiger partial charge in [-0.3, -0.25) is 4.18 Å². The zero-order valence-corrected chi connectivity index (χ0v) is 6.12. The van der Waals surface area contributed by atoms with Crippen molar-refractivity contribution in [3.63, 3.8) is 0 Å². The van der Waals surface area contributed by atoms with E-state index in [4.69, 9.17) is 4.18 Å². The minimum absolute atomic E-state index is 0.641. The Balaban J connectivity index is 1.70. The molecule has 0 aromatic carbocycles. The molecule has 9 heavy (non-hydrogen) atoms. The second-order valence-electron chi connectivity index (χ2n) is 2.86. The van der Waals surface area contributed by atoms with Crippen LogP contribution in [0.3, 0.4) is 0 Å². The number of hydrogen-bond donors (Lipinski definition) is 1. The Morgan fingerprint density at radius 1 is 1.56 bits per heavy atom. The smallest absolute Gasteiger partial charge is 0.0793 e. The number of nitrogens with one attached hydrogen (secondary N) is 1. The molecule has 2 aliphatic rings. The van der Waals surface area contributed by atoms with Crippen molar-refractivity contribution >= 4 is 12.2 Å². The lowest BCUT2D eigenvalue weighted by atomic mass is 10.2. The third kappa shape index (κ3) is 1.60. The summed E-state index contributed by atoms with van der Waals surface area (Å²) in [6.45, 7) is 0.904. The van der Waals surface area contributed by atoms with Crippen molar-refractivity contribution in [2.24, 2.45) is 5.92 Å². The van der Waals surface area contributed by atoms with Gasteiger partial charge < -0.3 is 0 Å². The van der Waals surface area contributed by atoms with E-state index in [1.165, 1.54) is 31.5 Å². The quantitative estimate of drug-likeness (QED) is 0.468. The van der Waals surface area contributed by atoms with Crippen molar-refractivity contribution in [3.05, 3.63) is 0 Å². The predicted octanol–water partition coefficient (Wildman–Crippen LogP) is 1.34. The van der Waals surface area contributed by atoms with E-state index < -0.39 is 0 Å². The normalized spacial score (nSPS) is 35.3. The third-order valence-corrected chi connectivity index (χ3v) is 2.54. The summed E-state index contributed by atoms with van der Waals surface area (Å²) in [4.78, 5) is 0. The SMILES string of the molecule is C1CC1C[C@H]1COSN1. The summed E-state index contributed by atoms with van der Waals surface area (Å²) in [6.07, 6.45) is 4.22. The van der Waals surface area contributed by atoms with E-state index in [0.29, 0.717) is 6.04 Å². The topological polar surface area (TPSA) is 21.3 Å². The minimum atomic E-state index is 0.641. The molecule has 52 valence electrons. The largest absolute Gasteiger partial charge is 0.300 e. The molecule has 3 heteroatoms. The second-order valence-corrected chi connectivity index (χ2v) is 3.50. The molecule has 1 atom stereocenters. The maximum Gasteiger partial charge on any atom is 0.0793 e. The Labute approximate surface area is 59.7 Å². The van der Waals surface area contributed by atoms with Crippen LogP contribution < -0.4 is 4.72 Å². The van der Waals surface area contributed by atoms with Gasteiger partial charge in [0.05, 0.1) is 18.8 Å². The standard InChI is InChI=1S/C6H11NOS/c1-2-5(1)3-6-4-8-9-7-6/h5-7H,1-4H2/t6-/m0/s1. The van der Waals surface area contributed by atoms with Gasteiger partial charge in [0.2, 0.25) is 0 Å². The molecule has 0 amide bonds. The van der Waals surface area contributed by atoms with Crippen molar-refractivity contribution in [1.29, 1.82) is 0 Å². The molecular weight excluding hydrogens is 134 g/mol. The summed E-state index contributed by atoms with van der Waals surface area (Å²) in [5, 5.41) is 0. The van der Waals surface area contributed by atoms with E-state index in [1.54, 1.807) is 0 Å². The molecule has 1 aliphatic heterocycles. The first-order valence-corrected chi connectivity index (χ1v) is 4.23. The fraction of sp³-hybridized carbons (Fsp3) is 1.00. The highest BCUT2D eigenvalue weighted by atomic mass is 32.2. The van der Waals surface area contributed by atoms with Crippen LogP contribution in [0.25, 0.3) is 0 Å². The Morgan fingerprint density at radius 2 is 2.44 bits per heavy atom. The molecule has 1 heterocycles. The minimum Gasteiger partial charge on any atom is -0.300 e. The van der Waals surface area contributed by atoms with E-state index >= 15 is 0 Å². The maximum absolute atomic E-state index is 5.09. The molecular formula is C6H11NOS. The Morgan fingerprint density at radius 3 is 3.00 bits per heavy atom. The fourth-order valence-electron chi connectivity index (χ4n) is 1.12. The second kappa shape index (κ2) is 2.48. The van der Waals surface area contributed by atoms with Crippen molar-refractivity contribution in [2.45, 2.75) is 25.3 Å².